The topological polar surface area (TPSA) is 68.6 Å². The summed E-state index contributed by atoms with van der Waals surface area (Å²) in [6.07, 6.45) is 12.6. The summed E-state index contributed by atoms with van der Waals surface area (Å²) in [6.45, 7) is 9.85. The van der Waals surface area contributed by atoms with Gasteiger partial charge in [0.05, 0.1) is 23.4 Å². The van der Waals surface area contributed by atoms with Crippen LogP contribution in [0.1, 0.15) is 107 Å². The molecule has 7 heteroatoms. The van der Waals surface area contributed by atoms with Gasteiger partial charge in [-0.05, 0) is 81.1 Å². The molecule has 1 fully saturated rings. The Morgan fingerprint density at radius 3 is 2.42 bits per heavy atom. The molecular formula is C33H40F2N2O3. The number of carbonyl (C=O) groups is 2. The fourth-order valence-electron chi connectivity index (χ4n) is 5.53. The standard InChI is InChI=1S/C33H40F2N2O3/c1-20(2)40-32(39)14-22-10-8-21(9-11-22)13-29-26-19-37-30(15-23(26)18-36-29)24-16-28(35)25(17-27(24)34)31(38)7-6-12-33(3,4)5/h6-7,15-22,29H,8-14H2,1-5H3/b7-6+. The van der Waals surface area contributed by atoms with Crippen molar-refractivity contribution in [3.8, 4) is 11.3 Å². The Morgan fingerprint density at radius 2 is 1.75 bits per heavy atom. The zero-order chi connectivity index (χ0) is 29.0. The van der Waals surface area contributed by atoms with Gasteiger partial charge < -0.3 is 4.74 Å². The van der Waals surface area contributed by atoms with Crippen LogP contribution in [0.3, 0.4) is 0 Å². The van der Waals surface area contributed by atoms with Crippen molar-refractivity contribution in [1.82, 2.24) is 4.98 Å². The van der Waals surface area contributed by atoms with Crippen LogP contribution in [0.4, 0.5) is 8.78 Å². The molecule has 2 aromatic rings. The van der Waals surface area contributed by atoms with E-state index >= 15 is 4.39 Å². The number of ether oxygens (including phenoxy) is 1. The number of carbonyl (C=O) groups excluding carboxylic acids is 2. The highest BCUT2D eigenvalue weighted by molar-refractivity contribution is 6.05. The second-order valence-corrected chi connectivity index (χ2v) is 12.7. The molecule has 0 bridgehead atoms. The lowest BCUT2D eigenvalue weighted by atomic mass is 9.77. The van der Waals surface area contributed by atoms with Gasteiger partial charge in [0.2, 0.25) is 0 Å². The predicted molar refractivity (Wildman–Crippen MR) is 153 cm³/mol. The maximum Gasteiger partial charge on any atom is 0.306 e. The summed E-state index contributed by atoms with van der Waals surface area (Å²) < 4.78 is 35.2. The molecule has 4 rings (SSSR count). The number of ketones is 1. The largest absolute Gasteiger partial charge is 0.463 e. The third kappa shape index (κ3) is 7.70. The Labute approximate surface area is 236 Å². The third-order valence-corrected chi connectivity index (χ3v) is 7.66. The van der Waals surface area contributed by atoms with Crippen LogP contribution in [0.2, 0.25) is 0 Å². The van der Waals surface area contributed by atoms with E-state index in [2.05, 4.69) is 4.98 Å². The fraction of sp³-hybridized carbons (Fsp3) is 0.515. The Kier molecular flexibility index (Phi) is 9.32. The number of aromatic nitrogens is 1. The molecule has 0 spiro atoms. The first-order valence-corrected chi connectivity index (χ1v) is 14.3. The number of halogens is 2. The first-order valence-electron chi connectivity index (χ1n) is 14.3. The van der Waals surface area contributed by atoms with Crippen LogP contribution in [-0.2, 0) is 9.53 Å². The summed E-state index contributed by atoms with van der Waals surface area (Å²) in [5, 5.41) is 0. The number of allylic oxidation sites excluding steroid dienone is 2. The molecule has 2 heterocycles. The summed E-state index contributed by atoms with van der Waals surface area (Å²) in [5.41, 5.74) is 1.87. The smallest absolute Gasteiger partial charge is 0.306 e. The highest BCUT2D eigenvalue weighted by Crippen LogP contribution is 2.40. The van der Waals surface area contributed by atoms with Gasteiger partial charge in [-0.3, -0.25) is 19.6 Å². The van der Waals surface area contributed by atoms with Crippen LogP contribution in [0.5, 0.6) is 0 Å². The number of benzene rings is 1. The number of aliphatic imine (C=N–C) groups is 1. The summed E-state index contributed by atoms with van der Waals surface area (Å²) in [5.74, 6) is -1.25. The van der Waals surface area contributed by atoms with E-state index in [4.69, 9.17) is 9.73 Å². The molecule has 1 atom stereocenters. The molecule has 1 aliphatic carbocycles. The summed E-state index contributed by atoms with van der Waals surface area (Å²) in [6, 6.07) is 3.73. The average molecular weight is 551 g/mol. The van der Waals surface area contributed by atoms with Crippen LogP contribution in [0.15, 0.2) is 41.5 Å². The van der Waals surface area contributed by atoms with E-state index in [1.54, 1.807) is 24.6 Å². The predicted octanol–water partition coefficient (Wildman–Crippen LogP) is 8.21. The highest BCUT2D eigenvalue weighted by atomic mass is 19.1. The quantitative estimate of drug-likeness (QED) is 0.179. The van der Waals surface area contributed by atoms with Gasteiger partial charge in [-0.25, -0.2) is 8.78 Å². The lowest BCUT2D eigenvalue weighted by molar-refractivity contribution is -0.148. The van der Waals surface area contributed by atoms with Crippen LogP contribution in [-0.4, -0.2) is 29.1 Å². The number of pyridine rings is 1. The van der Waals surface area contributed by atoms with Crippen molar-refractivity contribution in [1.29, 1.82) is 0 Å². The molecule has 2 aliphatic rings. The lowest BCUT2D eigenvalue weighted by Crippen LogP contribution is -2.21. The molecule has 1 unspecified atom stereocenters. The van der Waals surface area contributed by atoms with E-state index in [0.717, 1.165) is 55.4 Å². The van der Waals surface area contributed by atoms with Crippen molar-refractivity contribution >= 4 is 18.0 Å². The molecule has 1 aromatic heterocycles. The van der Waals surface area contributed by atoms with Crippen molar-refractivity contribution in [2.45, 2.75) is 91.7 Å². The van der Waals surface area contributed by atoms with E-state index in [9.17, 15) is 14.0 Å². The Morgan fingerprint density at radius 1 is 1.05 bits per heavy atom. The first kappa shape index (κ1) is 29.8. The molecule has 1 aliphatic heterocycles. The SMILES string of the molecule is CC(C)OC(=O)CC1CCC(CC2N=Cc3cc(-c4cc(F)c(C(=O)/C=C/CC(C)(C)C)cc4F)ncc32)CC1. The second kappa shape index (κ2) is 12.5. The first-order chi connectivity index (χ1) is 18.9. The van der Waals surface area contributed by atoms with Crippen molar-refractivity contribution < 1.29 is 23.1 Å². The minimum Gasteiger partial charge on any atom is -0.463 e. The van der Waals surface area contributed by atoms with E-state index in [-0.39, 0.29) is 34.7 Å². The minimum absolute atomic E-state index is 0.00414. The molecule has 0 radical (unpaired) electrons. The van der Waals surface area contributed by atoms with Crippen molar-refractivity contribution in [3.05, 3.63) is 64.9 Å². The van der Waals surface area contributed by atoms with E-state index < -0.39 is 17.4 Å². The van der Waals surface area contributed by atoms with Gasteiger partial charge in [0.1, 0.15) is 11.6 Å². The summed E-state index contributed by atoms with van der Waals surface area (Å²) >= 11 is 0. The van der Waals surface area contributed by atoms with E-state index in [1.807, 2.05) is 34.6 Å². The van der Waals surface area contributed by atoms with Crippen LogP contribution in [0, 0.1) is 28.9 Å². The Bertz CT molecular complexity index is 1300. The monoisotopic (exact) mass is 550 g/mol. The zero-order valence-corrected chi connectivity index (χ0v) is 24.2. The minimum atomic E-state index is -0.774. The van der Waals surface area contributed by atoms with Crippen molar-refractivity contribution in [3.63, 3.8) is 0 Å². The highest BCUT2D eigenvalue weighted by Gasteiger charge is 2.29. The average Bonchev–Trinajstić information content (AvgIpc) is 3.26. The fourth-order valence-corrected chi connectivity index (χ4v) is 5.53. The molecule has 40 heavy (non-hydrogen) atoms. The van der Waals surface area contributed by atoms with Crippen LogP contribution < -0.4 is 0 Å². The second-order valence-electron chi connectivity index (χ2n) is 12.7. The lowest BCUT2D eigenvalue weighted by Gasteiger charge is -2.29. The Balaban J connectivity index is 1.38. The van der Waals surface area contributed by atoms with E-state index in [0.29, 0.717) is 30.4 Å². The Hall–Kier alpha value is -3.22. The molecule has 1 aromatic carbocycles. The van der Waals surface area contributed by atoms with Crippen LogP contribution in [0.25, 0.3) is 11.3 Å². The van der Waals surface area contributed by atoms with Gasteiger partial charge in [0.15, 0.2) is 5.78 Å². The number of esters is 1. The zero-order valence-electron chi connectivity index (χ0n) is 24.2. The number of hydrogen-bond acceptors (Lipinski definition) is 5. The van der Waals surface area contributed by atoms with Gasteiger partial charge in [0, 0.05) is 35.5 Å². The molecule has 5 nitrogen and oxygen atoms in total. The van der Waals surface area contributed by atoms with Gasteiger partial charge >= 0.3 is 5.97 Å². The van der Waals surface area contributed by atoms with Crippen LogP contribution >= 0.6 is 0 Å². The van der Waals surface area contributed by atoms with Gasteiger partial charge in [-0.2, -0.15) is 0 Å². The van der Waals surface area contributed by atoms with Crippen molar-refractivity contribution in [2.24, 2.45) is 22.2 Å². The molecule has 0 N–H and O–H groups in total. The van der Waals surface area contributed by atoms with Gasteiger partial charge in [-0.1, -0.05) is 39.7 Å². The number of hydrogen-bond donors (Lipinski definition) is 0. The normalized spacial score (nSPS) is 20.8. The molecule has 1 saturated carbocycles. The number of rotatable bonds is 9. The molecule has 214 valence electrons. The molecule has 0 saturated heterocycles. The maximum absolute atomic E-state index is 15.1. The van der Waals surface area contributed by atoms with E-state index in [1.165, 1.54) is 6.08 Å². The molecular weight excluding hydrogens is 510 g/mol. The summed E-state index contributed by atoms with van der Waals surface area (Å²) in [7, 11) is 0. The van der Waals surface area contributed by atoms with Crippen molar-refractivity contribution in [2.75, 3.05) is 0 Å². The number of fused-ring (bicyclic) bond motifs is 1. The molecule has 0 amide bonds. The number of nitrogens with zero attached hydrogens (tertiary/aromatic N) is 2. The summed E-state index contributed by atoms with van der Waals surface area (Å²) in [4.78, 5) is 33.6. The third-order valence-electron chi connectivity index (χ3n) is 7.66. The maximum atomic E-state index is 15.1. The van der Waals surface area contributed by atoms with Gasteiger partial charge in [-0.15, -0.1) is 0 Å². The van der Waals surface area contributed by atoms with Gasteiger partial charge in [0.25, 0.3) is 0 Å².